The van der Waals surface area contributed by atoms with Crippen molar-refractivity contribution in [3.8, 4) is 0 Å². The first-order valence-electron chi connectivity index (χ1n) is 25.7. The number of rotatable bonds is 47. The Bertz CT molecular complexity index is 844. The number of hydrogen-bond acceptors (Lipinski definition) is 4. The van der Waals surface area contributed by atoms with Crippen molar-refractivity contribution in [1.29, 1.82) is 0 Å². The summed E-state index contributed by atoms with van der Waals surface area (Å²) in [7, 11) is 0. The van der Waals surface area contributed by atoms with Crippen molar-refractivity contribution in [3.63, 3.8) is 0 Å². The third kappa shape index (κ3) is 42.8. The number of unbranched alkanes of at least 4 members (excludes halogenated alkanes) is 37. The van der Waals surface area contributed by atoms with Crippen molar-refractivity contribution >= 4 is 5.91 Å². The highest BCUT2D eigenvalue weighted by atomic mass is 16.3. The number of carbonyl (C=O) groups excluding carboxylic acids is 1. The van der Waals surface area contributed by atoms with Gasteiger partial charge in [-0.3, -0.25) is 4.79 Å². The fraction of sp³-hybridized carbons (Fsp3) is 0.904. The molecule has 0 rings (SSSR count). The molecule has 0 radical (unpaired) electrons. The first kappa shape index (κ1) is 55.8. The number of allylic oxidation sites excluding steroid dienone is 3. The molecular weight excluding hydrogens is 703 g/mol. The van der Waals surface area contributed by atoms with E-state index in [1.165, 1.54) is 218 Å². The van der Waals surface area contributed by atoms with E-state index < -0.39 is 24.2 Å². The number of carbonyl (C=O) groups is 1. The number of aliphatic hydroxyl groups excluding tert-OH is 3. The van der Waals surface area contributed by atoms with Crippen LogP contribution in [0.4, 0.5) is 0 Å². The van der Waals surface area contributed by atoms with E-state index in [1.807, 2.05) is 6.08 Å². The van der Waals surface area contributed by atoms with E-state index in [-0.39, 0.29) is 6.61 Å². The molecule has 0 aromatic rings. The Morgan fingerprint density at radius 2 is 0.719 bits per heavy atom. The monoisotopic (exact) mass is 804 g/mol. The Balaban J connectivity index is 3.42. The van der Waals surface area contributed by atoms with Gasteiger partial charge in [-0.1, -0.05) is 269 Å². The molecule has 57 heavy (non-hydrogen) atoms. The molecule has 338 valence electrons. The number of amides is 1. The summed E-state index contributed by atoms with van der Waals surface area (Å²) in [6, 6.07) is -0.809. The maximum atomic E-state index is 12.4. The van der Waals surface area contributed by atoms with Gasteiger partial charge in [0.05, 0.1) is 18.8 Å². The standard InChI is InChI=1S/C52H101NO4/c1-3-5-7-9-11-13-14-15-16-17-18-19-20-21-22-23-24-25-26-27-28-29-30-31-32-33-34-35-36-37-39-41-43-45-47-51(56)52(57)53-49(48-54)50(55)46-44-42-40-38-12-10-8-6-4-2/h12,38,44,46,49-51,54-56H,3-11,13-37,39-43,45,47-48H2,1-2H3,(H,53,57)/b38-12+,46-44+. The van der Waals surface area contributed by atoms with Gasteiger partial charge in [0.25, 0.3) is 0 Å². The van der Waals surface area contributed by atoms with Gasteiger partial charge >= 0.3 is 0 Å². The van der Waals surface area contributed by atoms with Gasteiger partial charge in [0.2, 0.25) is 5.91 Å². The first-order chi connectivity index (χ1) is 28.1. The molecule has 0 heterocycles. The van der Waals surface area contributed by atoms with Crippen molar-refractivity contribution in [3.05, 3.63) is 24.3 Å². The lowest BCUT2D eigenvalue weighted by Crippen LogP contribution is -2.48. The maximum absolute atomic E-state index is 12.4. The zero-order valence-electron chi connectivity index (χ0n) is 38.5. The topological polar surface area (TPSA) is 89.8 Å². The van der Waals surface area contributed by atoms with Crippen molar-refractivity contribution in [2.75, 3.05) is 6.61 Å². The van der Waals surface area contributed by atoms with Crippen LogP contribution < -0.4 is 5.32 Å². The van der Waals surface area contributed by atoms with Crippen molar-refractivity contribution in [2.45, 2.75) is 295 Å². The van der Waals surface area contributed by atoms with Crippen LogP contribution in [-0.4, -0.2) is 46.1 Å². The van der Waals surface area contributed by atoms with Gasteiger partial charge in [-0.05, 0) is 32.1 Å². The summed E-state index contributed by atoms with van der Waals surface area (Å²) in [5.41, 5.74) is 0. The molecule has 0 aromatic heterocycles. The molecule has 3 unspecified atom stereocenters. The van der Waals surface area contributed by atoms with E-state index in [0.717, 1.165) is 38.5 Å². The van der Waals surface area contributed by atoms with Gasteiger partial charge in [-0.25, -0.2) is 0 Å². The van der Waals surface area contributed by atoms with Gasteiger partial charge in [0.1, 0.15) is 6.10 Å². The Hall–Kier alpha value is -1.17. The van der Waals surface area contributed by atoms with Gasteiger partial charge in [-0.2, -0.15) is 0 Å². The summed E-state index contributed by atoms with van der Waals surface area (Å²) in [6.45, 7) is 4.13. The van der Waals surface area contributed by atoms with Crippen LogP contribution in [0.15, 0.2) is 24.3 Å². The molecule has 3 atom stereocenters. The van der Waals surface area contributed by atoms with E-state index in [0.29, 0.717) is 6.42 Å². The second-order valence-electron chi connectivity index (χ2n) is 17.7. The molecule has 0 aliphatic carbocycles. The summed E-state index contributed by atoms with van der Waals surface area (Å²) < 4.78 is 0. The third-order valence-electron chi connectivity index (χ3n) is 12.0. The highest BCUT2D eigenvalue weighted by molar-refractivity contribution is 5.80. The molecule has 4 N–H and O–H groups in total. The largest absolute Gasteiger partial charge is 0.394 e. The average molecular weight is 804 g/mol. The first-order valence-corrected chi connectivity index (χ1v) is 25.7. The third-order valence-corrected chi connectivity index (χ3v) is 12.0. The highest BCUT2D eigenvalue weighted by Crippen LogP contribution is 2.17. The molecule has 0 saturated heterocycles. The van der Waals surface area contributed by atoms with Crippen molar-refractivity contribution < 1.29 is 20.1 Å². The zero-order chi connectivity index (χ0) is 41.5. The molecule has 0 aliphatic heterocycles. The van der Waals surface area contributed by atoms with Crippen LogP contribution in [0, 0.1) is 0 Å². The molecule has 0 saturated carbocycles. The molecule has 5 nitrogen and oxygen atoms in total. The summed E-state index contributed by atoms with van der Waals surface area (Å²) in [5.74, 6) is -0.512. The SMILES string of the molecule is CCCCC/C=C/CC/C=C/C(O)C(CO)NC(=O)C(O)CCCCCCCCCCCCCCCCCCCCCCCCCCCCCCCCCCCC. The van der Waals surface area contributed by atoms with E-state index in [4.69, 9.17) is 0 Å². The van der Waals surface area contributed by atoms with E-state index in [2.05, 4.69) is 31.3 Å². The number of hydrogen-bond donors (Lipinski definition) is 4. The molecule has 0 aromatic carbocycles. The Morgan fingerprint density at radius 1 is 0.421 bits per heavy atom. The van der Waals surface area contributed by atoms with Crippen LogP contribution in [0.1, 0.15) is 277 Å². The minimum atomic E-state index is -1.10. The Morgan fingerprint density at radius 3 is 1.07 bits per heavy atom. The second kappa shape index (κ2) is 47.5. The average Bonchev–Trinajstić information content (AvgIpc) is 3.22. The summed E-state index contributed by atoms with van der Waals surface area (Å²) in [6.07, 6.45) is 59.9. The Labute approximate surface area is 356 Å². The molecule has 0 bridgehead atoms. The number of nitrogens with one attached hydrogen (secondary N) is 1. The van der Waals surface area contributed by atoms with Crippen LogP contribution in [-0.2, 0) is 4.79 Å². The Kier molecular flexibility index (Phi) is 46.5. The summed E-state index contributed by atoms with van der Waals surface area (Å²) in [4.78, 5) is 12.4. The molecule has 5 heteroatoms. The van der Waals surface area contributed by atoms with E-state index in [1.54, 1.807) is 6.08 Å². The predicted molar refractivity (Wildman–Crippen MR) is 250 cm³/mol. The van der Waals surface area contributed by atoms with Crippen LogP contribution in [0.2, 0.25) is 0 Å². The minimum Gasteiger partial charge on any atom is -0.394 e. The lowest BCUT2D eigenvalue weighted by Gasteiger charge is -2.21. The zero-order valence-corrected chi connectivity index (χ0v) is 38.5. The fourth-order valence-corrected chi connectivity index (χ4v) is 8.03. The van der Waals surface area contributed by atoms with Gasteiger partial charge in [0.15, 0.2) is 0 Å². The molecule has 0 spiro atoms. The highest BCUT2D eigenvalue weighted by Gasteiger charge is 2.22. The molecule has 1 amide bonds. The smallest absolute Gasteiger partial charge is 0.249 e. The maximum Gasteiger partial charge on any atom is 0.249 e. The van der Waals surface area contributed by atoms with Crippen LogP contribution in [0.3, 0.4) is 0 Å². The normalized spacial score (nSPS) is 13.6. The second-order valence-corrected chi connectivity index (χ2v) is 17.7. The van der Waals surface area contributed by atoms with Crippen molar-refractivity contribution in [2.24, 2.45) is 0 Å². The quantitative estimate of drug-likeness (QED) is 0.0364. The fourth-order valence-electron chi connectivity index (χ4n) is 8.03. The summed E-state index contributed by atoms with van der Waals surface area (Å²) in [5, 5.41) is 33.0. The van der Waals surface area contributed by atoms with Gasteiger partial charge < -0.3 is 20.6 Å². The van der Waals surface area contributed by atoms with E-state index in [9.17, 15) is 20.1 Å². The van der Waals surface area contributed by atoms with Gasteiger partial charge in [0, 0.05) is 0 Å². The van der Waals surface area contributed by atoms with Gasteiger partial charge in [-0.15, -0.1) is 0 Å². The van der Waals surface area contributed by atoms with Crippen LogP contribution >= 0.6 is 0 Å². The minimum absolute atomic E-state index is 0.374. The summed E-state index contributed by atoms with van der Waals surface area (Å²) >= 11 is 0. The molecule has 0 fully saturated rings. The van der Waals surface area contributed by atoms with Crippen LogP contribution in [0.5, 0.6) is 0 Å². The number of aliphatic hydroxyl groups is 3. The van der Waals surface area contributed by atoms with Crippen LogP contribution in [0.25, 0.3) is 0 Å². The molecular formula is C52H101NO4. The van der Waals surface area contributed by atoms with Crippen molar-refractivity contribution in [1.82, 2.24) is 5.32 Å². The lowest BCUT2D eigenvalue weighted by molar-refractivity contribution is -0.131. The lowest BCUT2D eigenvalue weighted by atomic mass is 10.0. The van der Waals surface area contributed by atoms with E-state index >= 15 is 0 Å². The molecule has 0 aliphatic rings. The predicted octanol–water partition coefficient (Wildman–Crippen LogP) is 15.3.